The maximum absolute atomic E-state index is 13.4. The highest BCUT2D eigenvalue weighted by atomic mass is 32.2. The van der Waals surface area contributed by atoms with Crippen LogP contribution in [0.3, 0.4) is 0 Å². The Labute approximate surface area is 195 Å². The summed E-state index contributed by atoms with van der Waals surface area (Å²) in [6.07, 6.45) is 0. The molecule has 0 unspecified atom stereocenters. The first kappa shape index (κ1) is 22.3. The number of benzene rings is 3. The van der Waals surface area contributed by atoms with Gasteiger partial charge < -0.3 is 5.32 Å². The van der Waals surface area contributed by atoms with Gasteiger partial charge in [-0.2, -0.15) is 5.26 Å². The van der Waals surface area contributed by atoms with Crippen LogP contribution in [-0.4, -0.2) is 21.2 Å². The highest BCUT2D eigenvalue weighted by Crippen LogP contribution is 2.23. The number of hydrogen-bond donors (Lipinski definition) is 1. The van der Waals surface area contributed by atoms with Gasteiger partial charge in [-0.1, -0.05) is 62.0 Å². The lowest BCUT2D eigenvalue weighted by Crippen LogP contribution is -2.23. The van der Waals surface area contributed by atoms with Crippen molar-refractivity contribution in [1.29, 1.82) is 5.26 Å². The van der Waals surface area contributed by atoms with Crippen LogP contribution in [-0.2, 0) is 4.79 Å². The molecule has 1 aromatic heterocycles. The Kier molecular flexibility index (Phi) is 6.57. The average Bonchev–Trinajstić information content (AvgIpc) is 2.83. The molecule has 0 saturated carbocycles. The molecule has 7 heteroatoms. The highest BCUT2D eigenvalue weighted by Gasteiger charge is 2.15. The molecule has 0 spiro atoms. The summed E-state index contributed by atoms with van der Waals surface area (Å²) in [5, 5.41) is 12.9. The van der Waals surface area contributed by atoms with Crippen LogP contribution in [0.4, 0.5) is 5.69 Å². The number of carbonyl (C=O) groups is 1. The molecule has 0 aliphatic rings. The highest BCUT2D eigenvalue weighted by molar-refractivity contribution is 7.99. The minimum absolute atomic E-state index is 0.0363. The number of nitriles is 1. The fourth-order valence-corrected chi connectivity index (χ4v) is 4.26. The molecule has 0 radical (unpaired) electrons. The molecule has 0 bridgehead atoms. The van der Waals surface area contributed by atoms with Gasteiger partial charge in [0.1, 0.15) is 6.07 Å². The van der Waals surface area contributed by atoms with E-state index in [1.165, 1.54) is 17.3 Å². The Bertz CT molecular complexity index is 1420. The zero-order valence-corrected chi connectivity index (χ0v) is 19.1. The molecule has 0 atom stereocenters. The summed E-state index contributed by atoms with van der Waals surface area (Å²) in [6.45, 7) is 4.23. The number of thioether (sulfide) groups is 1. The van der Waals surface area contributed by atoms with E-state index in [4.69, 9.17) is 0 Å². The van der Waals surface area contributed by atoms with Gasteiger partial charge in [0.2, 0.25) is 5.91 Å². The van der Waals surface area contributed by atoms with Crippen molar-refractivity contribution in [3.05, 3.63) is 94.3 Å². The van der Waals surface area contributed by atoms with Gasteiger partial charge in [-0.05, 0) is 47.9 Å². The van der Waals surface area contributed by atoms with Crippen molar-refractivity contribution in [2.75, 3.05) is 11.1 Å². The van der Waals surface area contributed by atoms with E-state index in [2.05, 4.69) is 30.2 Å². The second-order valence-electron chi connectivity index (χ2n) is 7.79. The quantitative estimate of drug-likeness (QED) is 0.323. The van der Waals surface area contributed by atoms with Gasteiger partial charge in [-0.3, -0.25) is 14.2 Å². The van der Waals surface area contributed by atoms with Crippen LogP contribution >= 0.6 is 11.8 Å². The smallest absolute Gasteiger partial charge is 0.266 e. The largest absolute Gasteiger partial charge is 0.324 e. The van der Waals surface area contributed by atoms with E-state index in [1.807, 2.05) is 36.4 Å². The van der Waals surface area contributed by atoms with Crippen LogP contribution in [0.25, 0.3) is 16.6 Å². The Balaban J connectivity index is 1.67. The second kappa shape index (κ2) is 9.72. The number of hydrogen-bond acceptors (Lipinski definition) is 5. The molecular weight excluding hydrogens is 432 g/mol. The zero-order chi connectivity index (χ0) is 23.4. The Morgan fingerprint density at radius 3 is 2.48 bits per heavy atom. The fraction of sp³-hybridized carbons (Fsp3) is 0.154. The summed E-state index contributed by atoms with van der Waals surface area (Å²) >= 11 is 1.18. The molecule has 6 nitrogen and oxygen atoms in total. The first-order chi connectivity index (χ1) is 16.0. The van der Waals surface area contributed by atoms with Crippen molar-refractivity contribution in [2.45, 2.75) is 24.9 Å². The topological polar surface area (TPSA) is 87.8 Å². The molecule has 1 N–H and O–H groups in total. The van der Waals surface area contributed by atoms with Crippen molar-refractivity contribution in [3.63, 3.8) is 0 Å². The molecule has 4 rings (SSSR count). The molecule has 0 aliphatic heterocycles. The van der Waals surface area contributed by atoms with Crippen LogP contribution in [0.5, 0.6) is 0 Å². The molecule has 4 aromatic rings. The Morgan fingerprint density at radius 1 is 1.06 bits per heavy atom. The number of para-hydroxylation sites is 2. The molecule has 1 heterocycles. The van der Waals surface area contributed by atoms with Crippen molar-refractivity contribution >= 4 is 34.3 Å². The normalized spacial score (nSPS) is 10.8. The molecule has 164 valence electrons. The lowest BCUT2D eigenvalue weighted by atomic mass is 10.0. The van der Waals surface area contributed by atoms with Gasteiger partial charge in [-0.25, -0.2) is 4.98 Å². The predicted octanol–water partition coefficient (Wildman–Crippen LogP) is 5.11. The number of carbonyl (C=O) groups excluding carboxylic acids is 1. The number of aromatic nitrogens is 2. The van der Waals surface area contributed by atoms with Gasteiger partial charge in [0.25, 0.3) is 5.56 Å². The summed E-state index contributed by atoms with van der Waals surface area (Å²) < 4.78 is 1.55. The first-order valence-corrected chi connectivity index (χ1v) is 11.5. The maximum Gasteiger partial charge on any atom is 0.266 e. The first-order valence-electron chi connectivity index (χ1n) is 10.5. The van der Waals surface area contributed by atoms with Crippen molar-refractivity contribution in [2.24, 2.45) is 0 Å². The lowest BCUT2D eigenvalue weighted by Gasteiger charge is -2.14. The van der Waals surface area contributed by atoms with E-state index >= 15 is 0 Å². The van der Waals surface area contributed by atoms with Crippen molar-refractivity contribution in [1.82, 2.24) is 9.55 Å². The van der Waals surface area contributed by atoms with E-state index < -0.39 is 0 Å². The Hall–Kier alpha value is -3.89. The standard InChI is InChI=1S/C26H22N4O2S/c1-17(2)18-11-13-20(14-12-18)30-25(32)21-8-4-6-10-23(21)29-26(30)33-16-24(31)28-22-9-5-3-7-19(22)15-27/h3-14,17H,16H2,1-2H3,(H,28,31). The third-order valence-corrected chi connectivity index (χ3v) is 6.16. The summed E-state index contributed by atoms with van der Waals surface area (Å²) in [7, 11) is 0. The summed E-state index contributed by atoms with van der Waals surface area (Å²) in [6, 6.07) is 23.9. The number of amides is 1. The van der Waals surface area contributed by atoms with E-state index in [-0.39, 0.29) is 17.2 Å². The molecule has 0 saturated heterocycles. The minimum atomic E-state index is -0.285. The van der Waals surface area contributed by atoms with E-state index in [1.54, 1.807) is 41.0 Å². The summed E-state index contributed by atoms with van der Waals surface area (Å²) in [4.78, 5) is 30.7. The monoisotopic (exact) mass is 454 g/mol. The van der Waals surface area contributed by atoms with E-state index in [9.17, 15) is 14.9 Å². The maximum atomic E-state index is 13.4. The number of nitrogens with zero attached hydrogens (tertiary/aromatic N) is 3. The van der Waals surface area contributed by atoms with Gasteiger partial charge in [-0.15, -0.1) is 0 Å². The van der Waals surface area contributed by atoms with Crippen LogP contribution < -0.4 is 10.9 Å². The SMILES string of the molecule is CC(C)c1ccc(-n2c(SCC(=O)Nc3ccccc3C#N)nc3ccccc3c2=O)cc1. The van der Waals surface area contributed by atoms with Crippen LogP contribution in [0.2, 0.25) is 0 Å². The molecule has 0 aliphatic carbocycles. The summed E-state index contributed by atoms with van der Waals surface area (Å²) in [5.74, 6) is 0.125. The molecular formula is C26H22N4O2S. The third-order valence-electron chi connectivity index (χ3n) is 5.22. The van der Waals surface area contributed by atoms with Gasteiger partial charge in [0, 0.05) is 0 Å². The van der Waals surface area contributed by atoms with E-state index in [0.29, 0.717) is 38.9 Å². The second-order valence-corrected chi connectivity index (χ2v) is 8.74. The van der Waals surface area contributed by atoms with Crippen LogP contribution in [0.1, 0.15) is 30.9 Å². The lowest BCUT2D eigenvalue weighted by molar-refractivity contribution is -0.113. The fourth-order valence-electron chi connectivity index (χ4n) is 3.45. The average molecular weight is 455 g/mol. The van der Waals surface area contributed by atoms with Gasteiger partial charge in [0.15, 0.2) is 5.16 Å². The number of anilines is 1. The predicted molar refractivity (Wildman–Crippen MR) is 132 cm³/mol. The number of fused-ring (bicyclic) bond motifs is 1. The van der Waals surface area contributed by atoms with Crippen LogP contribution in [0, 0.1) is 11.3 Å². The van der Waals surface area contributed by atoms with E-state index in [0.717, 1.165) is 0 Å². The van der Waals surface area contributed by atoms with Crippen LogP contribution in [0.15, 0.2) is 82.7 Å². The van der Waals surface area contributed by atoms with Crippen molar-refractivity contribution < 1.29 is 4.79 Å². The minimum Gasteiger partial charge on any atom is -0.324 e. The number of nitrogens with one attached hydrogen (secondary N) is 1. The molecule has 3 aromatic carbocycles. The molecule has 0 fully saturated rings. The zero-order valence-electron chi connectivity index (χ0n) is 18.3. The van der Waals surface area contributed by atoms with Crippen molar-refractivity contribution in [3.8, 4) is 11.8 Å². The molecule has 1 amide bonds. The molecule has 33 heavy (non-hydrogen) atoms. The summed E-state index contributed by atoms with van der Waals surface area (Å²) in [5.41, 5.74) is 3.11. The van der Waals surface area contributed by atoms with Gasteiger partial charge in [0.05, 0.1) is 33.6 Å². The number of rotatable bonds is 6. The Morgan fingerprint density at radius 2 is 1.76 bits per heavy atom. The van der Waals surface area contributed by atoms with Gasteiger partial charge >= 0.3 is 0 Å². The third kappa shape index (κ3) is 4.81.